The van der Waals surface area contributed by atoms with Crippen LogP contribution in [0, 0.1) is 0 Å². The molecule has 2 amide bonds. The van der Waals surface area contributed by atoms with E-state index in [0.717, 1.165) is 35.7 Å². The summed E-state index contributed by atoms with van der Waals surface area (Å²) in [7, 11) is 0. The highest BCUT2D eigenvalue weighted by Crippen LogP contribution is 2.42. The summed E-state index contributed by atoms with van der Waals surface area (Å²) in [6.45, 7) is 9.78. The summed E-state index contributed by atoms with van der Waals surface area (Å²) in [6.07, 6.45) is 0.661. The van der Waals surface area contributed by atoms with Gasteiger partial charge in [-0.1, -0.05) is 36.4 Å². The van der Waals surface area contributed by atoms with Gasteiger partial charge in [0.2, 0.25) is 5.91 Å². The molecular weight excluding hydrogens is 422 g/mol. The van der Waals surface area contributed by atoms with Crippen molar-refractivity contribution in [2.24, 2.45) is 0 Å². The highest BCUT2D eigenvalue weighted by Gasteiger charge is 2.38. The van der Waals surface area contributed by atoms with E-state index in [1.807, 2.05) is 88.7 Å². The first-order valence-corrected chi connectivity index (χ1v) is 12.1. The first-order valence-electron chi connectivity index (χ1n) is 12.1. The maximum Gasteiger partial charge on any atom is 0.258 e. The number of para-hydroxylation sites is 2. The van der Waals surface area contributed by atoms with Gasteiger partial charge in [-0.3, -0.25) is 9.59 Å². The van der Waals surface area contributed by atoms with E-state index in [9.17, 15) is 9.59 Å². The SMILES string of the molecule is CCN(CC)c1ccc(C(=O)N2c3ccccc3[C@@H](N(C(C)=O)c3ccccc3)C[C@H]2C)cc1. The summed E-state index contributed by atoms with van der Waals surface area (Å²) < 4.78 is 0. The molecule has 1 heterocycles. The number of anilines is 3. The Hall–Kier alpha value is -3.60. The summed E-state index contributed by atoms with van der Waals surface area (Å²) in [4.78, 5) is 32.5. The van der Waals surface area contributed by atoms with Crippen molar-refractivity contribution in [3.63, 3.8) is 0 Å². The van der Waals surface area contributed by atoms with Crippen LogP contribution in [0.3, 0.4) is 0 Å². The zero-order valence-electron chi connectivity index (χ0n) is 20.4. The van der Waals surface area contributed by atoms with E-state index in [0.29, 0.717) is 12.0 Å². The third-order valence-corrected chi connectivity index (χ3v) is 6.71. The zero-order chi connectivity index (χ0) is 24.2. The van der Waals surface area contributed by atoms with Gasteiger partial charge < -0.3 is 14.7 Å². The second kappa shape index (κ2) is 10.1. The first-order chi connectivity index (χ1) is 16.5. The van der Waals surface area contributed by atoms with E-state index >= 15 is 0 Å². The van der Waals surface area contributed by atoms with Crippen molar-refractivity contribution in [2.75, 3.05) is 27.8 Å². The molecule has 1 aliphatic heterocycles. The minimum absolute atomic E-state index is 0.00929. The van der Waals surface area contributed by atoms with Crippen LogP contribution >= 0.6 is 0 Å². The Morgan fingerprint density at radius 3 is 2.09 bits per heavy atom. The predicted octanol–water partition coefficient (Wildman–Crippen LogP) is 6.07. The molecule has 0 fully saturated rings. The fraction of sp³-hybridized carbons (Fsp3) is 0.310. The van der Waals surface area contributed by atoms with Crippen LogP contribution in [0.25, 0.3) is 0 Å². The number of carbonyl (C=O) groups excluding carboxylic acids is 2. The summed E-state index contributed by atoms with van der Waals surface area (Å²) >= 11 is 0. The Morgan fingerprint density at radius 1 is 0.853 bits per heavy atom. The minimum atomic E-state index is -0.139. The molecule has 0 saturated heterocycles. The van der Waals surface area contributed by atoms with E-state index in [1.165, 1.54) is 0 Å². The molecule has 3 aromatic carbocycles. The number of hydrogen-bond acceptors (Lipinski definition) is 3. The summed E-state index contributed by atoms with van der Waals surface area (Å²) in [6, 6.07) is 25.4. The van der Waals surface area contributed by atoms with Gasteiger partial charge in [-0.25, -0.2) is 0 Å². The maximum atomic E-state index is 13.7. The van der Waals surface area contributed by atoms with Crippen LogP contribution in [0.5, 0.6) is 0 Å². The van der Waals surface area contributed by atoms with Gasteiger partial charge in [-0.05, 0) is 75.2 Å². The van der Waals surface area contributed by atoms with Crippen molar-refractivity contribution in [2.45, 2.75) is 46.2 Å². The molecule has 1 aliphatic rings. The summed E-state index contributed by atoms with van der Waals surface area (Å²) in [5.41, 5.74) is 4.52. The van der Waals surface area contributed by atoms with Gasteiger partial charge in [0, 0.05) is 48.7 Å². The van der Waals surface area contributed by atoms with Crippen LogP contribution in [0.1, 0.15) is 56.1 Å². The summed E-state index contributed by atoms with van der Waals surface area (Å²) in [5.74, 6) is -0.0245. The predicted molar refractivity (Wildman–Crippen MR) is 140 cm³/mol. The topological polar surface area (TPSA) is 43.9 Å². The van der Waals surface area contributed by atoms with E-state index in [-0.39, 0.29) is 23.9 Å². The van der Waals surface area contributed by atoms with Crippen LogP contribution < -0.4 is 14.7 Å². The lowest BCUT2D eigenvalue weighted by Crippen LogP contribution is -2.47. The Bertz CT molecular complexity index is 1140. The van der Waals surface area contributed by atoms with Crippen molar-refractivity contribution in [1.29, 1.82) is 0 Å². The van der Waals surface area contributed by atoms with Gasteiger partial charge in [0.15, 0.2) is 0 Å². The fourth-order valence-electron chi connectivity index (χ4n) is 5.05. The molecule has 5 nitrogen and oxygen atoms in total. The molecule has 0 unspecified atom stereocenters. The maximum absolute atomic E-state index is 13.7. The minimum Gasteiger partial charge on any atom is -0.372 e. The number of hydrogen-bond donors (Lipinski definition) is 0. The molecule has 2 atom stereocenters. The lowest BCUT2D eigenvalue weighted by atomic mass is 9.89. The van der Waals surface area contributed by atoms with Crippen molar-refractivity contribution in [3.05, 3.63) is 90.0 Å². The molecule has 0 spiro atoms. The highest BCUT2D eigenvalue weighted by molar-refractivity contribution is 6.07. The average Bonchev–Trinajstić information content (AvgIpc) is 2.85. The van der Waals surface area contributed by atoms with Crippen molar-refractivity contribution >= 4 is 28.9 Å². The van der Waals surface area contributed by atoms with Gasteiger partial charge in [0.05, 0.1) is 6.04 Å². The summed E-state index contributed by atoms with van der Waals surface area (Å²) in [5, 5.41) is 0. The zero-order valence-corrected chi connectivity index (χ0v) is 20.4. The molecule has 34 heavy (non-hydrogen) atoms. The molecular formula is C29H33N3O2. The second-order valence-corrected chi connectivity index (χ2v) is 8.78. The number of amides is 2. The van der Waals surface area contributed by atoms with E-state index in [2.05, 4.69) is 25.7 Å². The number of carbonyl (C=O) groups is 2. The van der Waals surface area contributed by atoms with Crippen molar-refractivity contribution < 1.29 is 9.59 Å². The largest absolute Gasteiger partial charge is 0.372 e. The van der Waals surface area contributed by atoms with Crippen molar-refractivity contribution in [1.82, 2.24) is 0 Å². The molecule has 5 heteroatoms. The first kappa shape index (κ1) is 23.6. The smallest absolute Gasteiger partial charge is 0.258 e. The molecule has 0 N–H and O–H groups in total. The number of fused-ring (bicyclic) bond motifs is 1. The number of benzene rings is 3. The Labute approximate surface area is 202 Å². The van der Waals surface area contributed by atoms with E-state index in [1.54, 1.807) is 6.92 Å². The Kier molecular flexibility index (Phi) is 7.01. The van der Waals surface area contributed by atoms with Crippen LogP contribution in [0.15, 0.2) is 78.9 Å². The molecule has 0 saturated carbocycles. The number of rotatable bonds is 6. The van der Waals surface area contributed by atoms with Crippen LogP contribution in [-0.2, 0) is 4.79 Å². The number of nitrogens with zero attached hydrogens (tertiary/aromatic N) is 3. The van der Waals surface area contributed by atoms with Gasteiger partial charge in [-0.2, -0.15) is 0 Å². The molecule has 0 bridgehead atoms. The lowest BCUT2D eigenvalue weighted by Gasteiger charge is -2.43. The molecule has 0 radical (unpaired) electrons. The Balaban J connectivity index is 1.70. The van der Waals surface area contributed by atoms with Crippen molar-refractivity contribution in [3.8, 4) is 0 Å². The normalized spacial score (nSPS) is 17.1. The highest BCUT2D eigenvalue weighted by atomic mass is 16.2. The molecule has 176 valence electrons. The molecule has 0 aromatic heterocycles. The van der Waals surface area contributed by atoms with Crippen LogP contribution in [0.4, 0.5) is 17.1 Å². The van der Waals surface area contributed by atoms with E-state index in [4.69, 9.17) is 0 Å². The van der Waals surface area contributed by atoms with Gasteiger partial charge in [-0.15, -0.1) is 0 Å². The average molecular weight is 456 g/mol. The van der Waals surface area contributed by atoms with Crippen LogP contribution in [-0.4, -0.2) is 30.9 Å². The fourth-order valence-corrected chi connectivity index (χ4v) is 5.05. The standard InChI is InChI=1S/C29H33N3O2/c1-5-30(6-2)24-18-16-23(17-19-24)29(34)31-21(3)20-28(26-14-10-11-15-27(26)31)32(22(4)33)25-12-8-7-9-13-25/h7-19,21,28H,5-6,20H2,1-4H3/t21-,28+/m1/s1. The Morgan fingerprint density at radius 2 is 1.47 bits per heavy atom. The van der Waals surface area contributed by atoms with Crippen LogP contribution in [0.2, 0.25) is 0 Å². The molecule has 3 aromatic rings. The quantitative estimate of drug-likeness (QED) is 0.453. The third kappa shape index (κ3) is 4.43. The molecule has 0 aliphatic carbocycles. The van der Waals surface area contributed by atoms with Gasteiger partial charge >= 0.3 is 0 Å². The lowest BCUT2D eigenvalue weighted by molar-refractivity contribution is -0.117. The van der Waals surface area contributed by atoms with Gasteiger partial charge in [0.25, 0.3) is 5.91 Å². The van der Waals surface area contributed by atoms with E-state index < -0.39 is 0 Å². The molecule has 4 rings (SSSR count). The van der Waals surface area contributed by atoms with Gasteiger partial charge in [0.1, 0.15) is 0 Å². The second-order valence-electron chi connectivity index (χ2n) is 8.78. The monoisotopic (exact) mass is 455 g/mol. The third-order valence-electron chi connectivity index (χ3n) is 6.71.